The molecule has 0 aliphatic carbocycles. The van der Waals surface area contributed by atoms with Gasteiger partial charge >= 0.3 is 0 Å². The summed E-state index contributed by atoms with van der Waals surface area (Å²) in [5.74, 6) is 0.507. The third kappa shape index (κ3) is 5.48. The monoisotopic (exact) mass is 354 g/mol. The van der Waals surface area contributed by atoms with Gasteiger partial charge in [-0.3, -0.25) is 0 Å². The van der Waals surface area contributed by atoms with Crippen LogP contribution in [0.3, 0.4) is 0 Å². The van der Waals surface area contributed by atoms with E-state index >= 15 is 0 Å². The first-order chi connectivity index (χ1) is 9.57. The Hall–Kier alpha value is -0.790. The fourth-order valence-electron chi connectivity index (χ4n) is 2.08. The number of hydrogen-bond acceptors (Lipinski definition) is 5. The predicted molar refractivity (Wildman–Crippen MR) is 83.4 cm³/mol. The summed E-state index contributed by atoms with van der Waals surface area (Å²) in [4.78, 5) is 0.0649. The number of rotatable bonds is 7. The number of hydrogen-bond donors (Lipinski definition) is 0. The Balaban J connectivity index is 2.84. The highest BCUT2D eigenvalue weighted by Gasteiger charge is 2.18. The summed E-state index contributed by atoms with van der Waals surface area (Å²) in [5, 5.41) is 0. The van der Waals surface area contributed by atoms with Crippen molar-refractivity contribution >= 4 is 29.6 Å². The minimum absolute atomic E-state index is 0.0359. The molecule has 0 unspecified atom stereocenters. The van der Waals surface area contributed by atoms with E-state index in [2.05, 4.69) is 0 Å². The zero-order chi connectivity index (χ0) is 16.3. The Morgan fingerprint density at radius 2 is 1.57 bits per heavy atom. The second kappa shape index (κ2) is 6.98. The highest BCUT2D eigenvalue weighted by atomic mass is 35.7. The molecule has 0 bridgehead atoms. The van der Waals surface area contributed by atoms with Crippen LogP contribution in [0.5, 0.6) is 5.75 Å². The van der Waals surface area contributed by atoms with E-state index in [9.17, 15) is 16.8 Å². The molecule has 8 heteroatoms. The molecule has 1 aromatic rings. The maximum atomic E-state index is 11.6. The molecule has 0 spiro atoms. The zero-order valence-electron chi connectivity index (χ0n) is 12.2. The molecular formula is C13H19ClO5S2. The van der Waals surface area contributed by atoms with Gasteiger partial charge in [-0.05, 0) is 43.5 Å². The molecule has 0 saturated heterocycles. The second-order valence-corrected chi connectivity index (χ2v) is 9.63. The number of ether oxygens (including phenoxy) is 1. The number of halogens is 1. The van der Waals surface area contributed by atoms with Crippen LogP contribution in [0.2, 0.25) is 0 Å². The van der Waals surface area contributed by atoms with E-state index < -0.39 is 18.9 Å². The van der Waals surface area contributed by atoms with Crippen LogP contribution in [0.25, 0.3) is 0 Å². The minimum Gasteiger partial charge on any atom is -0.493 e. The van der Waals surface area contributed by atoms with Crippen molar-refractivity contribution in [2.24, 2.45) is 0 Å². The highest BCUT2D eigenvalue weighted by molar-refractivity contribution is 8.13. The van der Waals surface area contributed by atoms with Gasteiger partial charge < -0.3 is 4.74 Å². The molecule has 0 amide bonds. The van der Waals surface area contributed by atoms with Gasteiger partial charge in [0.25, 0.3) is 9.05 Å². The predicted octanol–water partition coefficient (Wildman–Crippen LogP) is 2.43. The van der Waals surface area contributed by atoms with E-state index in [0.29, 0.717) is 23.3 Å². The Morgan fingerprint density at radius 3 is 2.00 bits per heavy atom. The van der Waals surface area contributed by atoms with Crippen molar-refractivity contribution in [3.63, 3.8) is 0 Å². The van der Waals surface area contributed by atoms with Gasteiger partial charge in [-0.1, -0.05) is 6.92 Å². The first-order valence-corrected chi connectivity index (χ1v) is 10.6. The second-order valence-electron chi connectivity index (χ2n) is 4.82. The van der Waals surface area contributed by atoms with Gasteiger partial charge in [-0.2, -0.15) is 0 Å². The van der Waals surface area contributed by atoms with Crippen molar-refractivity contribution in [2.75, 3.05) is 18.1 Å². The number of sulfone groups is 1. The van der Waals surface area contributed by atoms with Crippen LogP contribution in [0.1, 0.15) is 24.5 Å². The molecule has 21 heavy (non-hydrogen) atoms. The molecule has 1 aromatic carbocycles. The van der Waals surface area contributed by atoms with E-state index in [4.69, 9.17) is 15.4 Å². The molecule has 0 radical (unpaired) electrons. The maximum absolute atomic E-state index is 11.6. The SMILES string of the molecule is CCCS(=O)(=O)CCOc1cc(C)c(S(=O)(=O)Cl)c(C)c1. The largest absolute Gasteiger partial charge is 0.493 e. The van der Waals surface area contributed by atoms with Crippen LogP contribution in [-0.4, -0.2) is 34.9 Å². The topological polar surface area (TPSA) is 77.5 Å². The summed E-state index contributed by atoms with van der Waals surface area (Å²) in [6.07, 6.45) is 0.572. The maximum Gasteiger partial charge on any atom is 0.261 e. The lowest BCUT2D eigenvalue weighted by atomic mass is 10.1. The third-order valence-corrected chi connectivity index (χ3v) is 6.27. The van der Waals surface area contributed by atoms with Gasteiger partial charge in [0.2, 0.25) is 0 Å². The van der Waals surface area contributed by atoms with Gasteiger partial charge in [0.05, 0.1) is 16.4 Å². The highest BCUT2D eigenvalue weighted by Crippen LogP contribution is 2.28. The smallest absolute Gasteiger partial charge is 0.261 e. The van der Waals surface area contributed by atoms with Crippen LogP contribution in [0.15, 0.2) is 17.0 Å². The molecule has 0 heterocycles. The lowest BCUT2D eigenvalue weighted by molar-refractivity contribution is 0.340. The average Bonchev–Trinajstić information content (AvgIpc) is 2.25. The van der Waals surface area contributed by atoms with Crippen LogP contribution in [-0.2, 0) is 18.9 Å². The van der Waals surface area contributed by atoms with Crippen molar-refractivity contribution in [3.8, 4) is 5.75 Å². The fourth-order valence-corrected chi connectivity index (χ4v) is 4.86. The first-order valence-electron chi connectivity index (χ1n) is 6.46. The normalized spacial score (nSPS) is 12.4. The average molecular weight is 355 g/mol. The van der Waals surface area contributed by atoms with Gasteiger partial charge in [-0.25, -0.2) is 16.8 Å². The molecule has 0 aliphatic heterocycles. The molecule has 0 atom stereocenters. The van der Waals surface area contributed by atoms with Crippen molar-refractivity contribution in [1.82, 2.24) is 0 Å². The lowest BCUT2D eigenvalue weighted by Gasteiger charge is -2.11. The lowest BCUT2D eigenvalue weighted by Crippen LogP contribution is -2.16. The third-order valence-electron chi connectivity index (χ3n) is 2.86. The van der Waals surface area contributed by atoms with Crippen LogP contribution in [0.4, 0.5) is 0 Å². The molecule has 0 aromatic heterocycles. The minimum atomic E-state index is -3.81. The number of benzene rings is 1. The quantitative estimate of drug-likeness (QED) is 0.703. The van der Waals surface area contributed by atoms with Crippen molar-refractivity contribution in [2.45, 2.75) is 32.1 Å². The van der Waals surface area contributed by atoms with E-state index in [1.165, 1.54) is 12.1 Å². The van der Waals surface area contributed by atoms with E-state index in [1.807, 2.05) is 0 Å². The fraction of sp³-hybridized carbons (Fsp3) is 0.538. The Morgan fingerprint density at radius 1 is 1.05 bits per heavy atom. The van der Waals surface area contributed by atoms with Gasteiger partial charge in [0.1, 0.15) is 12.4 Å². The summed E-state index contributed by atoms with van der Waals surface area (Å²) in [6.45, 7) is 5.07. The molecule has 120 valence electrons. The van der Waals surface area contributed by atoms with Gasteiger partial charge in [0, 0.05) is 10.7 Å². The molecule has 0 aliphatic rings. The zero-order valence-corrected chi connectivity index (χ0v) is 14.6. The summed E-state index contributed by atoms with van der Waals surface area (Å²) >= 11 is 0. The van der Waals surface area contributed by atoms with E-state index in [0.717, 1.165) is 0 Å². The van der Waals surface area contributed by atoms with Crippen LogP contribution < -0.4 is 4.74 Å². The van der Waals surface area contributed by atoms with Crippen molar-refractivity contribution in [3.05, 3.63) is 23.3 Å². The van der Waals surface area contributed by atoms with Gasteiger partial charge in [0.15, 0.2) is 9.84 Å². The molecular weight excluding hydrogens is 336 g/mol. The summed E-state index contributed by atoms with van der Waals surface area (Å²) < 4.78 is 51.4. The Bertz CT molecular complexity index is 685. The van der Waals surface area contributed by atoms with Gasteiger partial charge in [-0.15, -0.1) is 0 Å². The first kappa shape index (κ1) is 18.3. The van der Waals surface area contributed by atoms with E-state index in [-0.39, 0.29) is 23.0 Å². The molecule has 0 saturated carbocycles. The van der Waals surface area contributed by atoms with Crippen LogP contribution >= 0.6 is 10.7 Å². The standard InChI is InChI=1S/C13H19ClO5S2/c1-4-6-20(15,16)7-5-19-12-8-10(2)13(11(3)9-12)21(14,17)18/h8-9H,4-7H2,1-3H3. The molecule has 0 fully saturated rings. The Kier molecular flexibility index (Phi) is 6.07. The molecule has 1 rings (SSSR count). The van der Waals surface area contributed by atoms with Crippen LogP contribution in [0, 0.1) is 13.8 Å². The summed E-state index contributed by atoms with van der Waals surface area (Å²) in [7, 11) is -1.53. The number of aryl methyl sites for hydroxylation is 2. The van der Waals surface area contributed by atoms with Crippen molar-refractivity contribution in [1.29, 1.82) is 0 Å². The summed E-state index contributed by atoms with van der Waals surface area (Å²) in [6, 6.07) is 3.07. The molecule has 5 nitrogen and oxygen atoms in total. The van der Waals surface area contributed by atoms with E-state index in [1.54, 1.807) is 20.8 Å². The molecule has 0 N–H and O–H groups in total. The van der Waals surface area contributed by atoms with Crippen molar-refractivity contribution < 1.29 is 21.6 Å². The Labute approximate surface area is 130 Å². The summed E-state index contributed by atoms with van der Waals surface area (Å²) in [5.41, 5.74) is 0.938.